The second-order valence-electron chi connectivity index (χ2n) is 7.43. The minimum atomic E-state index is -0.0954. The number of likely N-dealkylation sites (tertiary alicyclic amines) is 1. The molecule has 1 aromatic carbocycles. The summed E-state index contributed by atoms with van der Waals surface area (Å²) in [5.41, 5.74) is 0.550. The van der Waals surface area contributed by atoms with Crippen molar-refractivity contribution in [1.82, 2.24) is 10.2 Å². The summed E-state index contributed by atoms with van der Waals surface area (Å²) in [6.45, 7) is 3.03. The molecule has 0 bridgehead atoms. The molecule has 0 spiro atoms. The Morgan fingerprint density at radius 2 is 1.96 bits per heavy atom. The molecular formula is C20H28Cl2N2O2. The molecule has 3 atom stereocenters. The molecule has 2 fully saturated rings. The SMILES string of the molecule is COC1CCCC(N2CCCC2)C(CNC(=O)c2ccc(Cl)c(Cl)c2)C1. The van der Waals surface area contributed by atoms with Gasteiger partial charge < -0.3 is 15.0 Å². The lowest BCUT2D eigenvalue weighted by Crippen LogP contribution is -2.44. The molecule has 0 aromatic heterocycles. The first kappa shape index (κ1) is 19.9. The number of methoxy groups -OCH3 is 1. The normalized spacial score (nSPS) is 27.3. The number of carbonyl (C=O) groups is 1. The third kappa shape index (κ3) is 4.92. The van der Waals surface area contributed by atoms with Crippen molar-refractivity contribution in [2.24, 2.45) is 5.92 Å². The van der Waals surface area contributed by atoms with Gasteiger partial charge in [-0.1, -0.05) is 23.2 Å². The molecule has 4 nitrogen and oxygen atoms in total. The summed E-state index contributed by atoms with van der Waals surface area (Å²) in [7, 11) is 1.80. The fourth-order valence-corrected chi connectivity index (χ4v) is 4.65. The zero-order valence-corrected chi connectivity index (χ0v) is 16.9. The first-order valence-corrected chi connectivity index (χ1v) is 10.3. The number of benzene rings is 1. The number of hydrogen-bond acceptors (Lipinski definition) is 3. The molecule has 2 aliphatic rings. The lowest BCUT2D eigenvalue weighted by atomic mass is 9.92. The zero-order chi connectivity index (χ0) is 18.5. The highest BCUT2D eigenvalue weighted by Gasteiger charge is 2.33. The van der Waals surface area contributed by atoms with E-state index < -0.39 is 0 Å². The third-order valence-corrected chi connectivity index (χ3v) is 6.52. The van der Waals surface area contributed by atoms with Crippen molar-refractivity contribution in [3.8, 4) is 0 Å². The van der Waals surface area contributed by atoms with Crippen molar-refractivity contribution in [1.29, 1.82) is 0 Å². The summed E-state index contributed by atoms with van der Waals surface area (Å²) in [6.07, 6.45) is 7.34. The predicted molar refractivity (Wildman–Crippen MR) is 106 cm³/mol. The van der Waals surface area contributed by atoms with Gasteiger partial charge in [-0.15, -0.1) is 0 Å². The highest BCUT2D eigenvalue weighted by Crippen LogP contribution is 2.31. The minimum absolute atomic E-state index is 0.0954. The van der Waals surface area contributed by atoms with E-state index in [1.54, 1.807) is 25.3 Å². The third-order valence-electron chi connectivity index (χ3n) is 5.79. The summed E-state index contributed by atoms with van der Waals surface area (Å²) in [6, 6.07) is 5.54. The lowest BCUT2D eigenvalue weighted by Gasteiger charge is -2.34. The zero-order valence-electron chi connectivity index (χ0n) is 15.3. The van der Waals surface area contributed by atoms with Crippen molar-refractivity contribution >= 4 is 29.1 Å². The van der Waals surface area contributed by atoms with E-state index in [-0.39, 0.29) is 12.0 Å². The van der Waals surface area contributed by atoms with Crippen LogP contribution in [0.4, 0.5) is 0 Å². The maximum atomic E-state index is 12.6. The van der Waals surface area contributed by atoms with Crippen molar-refractivity contribution in [3.05, 3.63) is 33.8 Å². The first-order chi connectivity index (χ1) is 12.6. The quantitative estimate of drug-likeness (QED) is 0.747. The van der Waals surface area contributed by atoms with E-state index >= 15 is 0 Å². The van der Waals surface area contributed by atoms with Gasteiger partial charge in [-0.2, -0.15) is 0 Å². The van der Waals surface area contributed by atoms with Crippen LogP contribution in [0.15, 0.2) is 18.2 Å². The fraction of sp³-hybridized carbons (Fsp3) is 0.650. The molecule has 3 rings (SSSR count). The van der Waals surface area contributed by atoms with E-state index in [0.29, 0.717) is 34.1 Å². The van der Waals surface area contributed by atoms with Crippen molar-refractivity contribution in [2.45, 2.75) is 50.7 Å². The average molecular weight is 399 g/mol. The molecule has 3 unspecified atom stereocenters. The highest BCUT2D eigenvalue weighted by molar-refractivity contribution is 6.42. The van der Waals surface area contributed by atoms with Crippen molar-refractivity contribution < 1.29 is 9.53 Å². The molecule has 1 saturated heterocycles. The van der Waals surface area contributed by atoms with Gasteiger partial charge in [0.15, 0.2) is 0 Å². The number of amides is 1. The molecule has 1 aliphatic carbocycles. The summed E-state index contributed by atoms with van der Waals surface area (Å²) < 4.78 is 5.67. The van der Waals surface area contributed by atoms with Gasteiger partial charge in [0.1, 0.15) is 0 Å². The van der Waals surface area contributed by atoms with Crippen LogP contribution >= 0.6 is 23.2 Å². The standard InChI is InChI=1S/C20H28Cl2N2O2/c1-26-16-5-4-6-19(24-9-2-3-10-24)15(11-16)13-23-20(25)14-7-8-17(21)18(22)12-14/h7-8,12,15-16,19H,2-6,9-11,13H2,1H3,(H,23,25). The van der Waals surface area contributed by atoms with Gasteiger partial charge in [-0.25, -0.2) is 0 Å². The van der Waals surface area contributed by atoms with Gasteiger partial charge in [0.2, 0.25) is 0 Å². The largest absolute Gasteiger partial charge is 0.381 e. The summed E-state index contributed by atoms with van der Waals surface area (Å²) >= 11 is 12.0. The lowest BCUT2D eigenvalue weighted by molar-refractivity contribution is 0.0661. The second kappa shape index (κ2) is 9.41. The molecule has 0 radical (unpaired) electrons. The molecule has 1 amide bonds. The number of carbonyl (C=O) groups excluding carboxylic acids is 1. The molecule has 1 aromatic rings. The van der Waals surface area contributed by atoms with E-state index in [4.69, 9.17) is 27.9 Å². The van der Waals surface area contributed by atoms with Crippen LogP contribution in [-0.4, -0.2) is 49.7 Å². The second-order valence-corrected chi connectivity index (χ2v) is 8.25. The number of ether oxygens (including phenoxy) is 1. The molecule has 6 heteroatoms. The van der Waals surface area contributed by atoms with Crippen LogP contribution in [0.1, 0.15) is 48.9 Å². The topological polar surface area (TPSA) is 41.6 Å². The fourth-order valence-electron chi connectivity index (χ4n) is 4.35. The van der Waals surface area contributed by atoms with Gasteiger partial charge in [-0.05, 0) is 75.7 Å². The van der Waals surface area contributed by atoms with E-state index in [0.717, 1.165) is 12.8 Å². The van der Waals surface area contributed by atoms with Crippen LogP contribution in [0.3, 0.4) is 0 Å². The Bertz CT molecular complexity index is 620. The monoisotopic (exact) mass is 398 g/mol. The van der Waals surface area contributed by atoms with Crippen LogP contribution in [0.25, 0.3) is 0 Å². The molecule has 1 saturated carbocycles. The van der Waals surface area contributed by atoms with Crippen LogP contribution in [0.5, 0.6) is 0 Å². The van der Waals surface area contributed by atoms with Gasteiger partial charge >= 0.3 is 0 Å². The number of rotatable bonds is 5. The first-order valence-electron chi connectivity index (χ1n) is 9.58. The average Bonchev–Trinajstić information content (AvgIpc) is 3.09. The Balaban J connectivity index is 1.66. The summed E-state index contributed by atoms with van der Waals surface area (Å²) in [5, 5.41) is 3.99. The van der Waals surface area contributed by atoms with Crippen LogP contribution in [0.2, 0.25) is 10.0 Å². The Morgan fingerprint density at radius 1 is 1.19 bits per heavy atom. The number of halogens is 2. The Hall–Kier alpha value is -0.810. The van der Waals surface area contributed by atoms with Gasteiger partial charge in [0.25, 0.3) is 5.91 Å². The molecule has 26 heavy (non-hydrogen) atoms. The number of nitrogens with zero attached hydrogens (tertiary/aromatic N) is 1. The molecule has 1 aliphatic heterocycles. The van der Waals surface area contributed by atoms with Crippen LogP contribution < -0.4 is 5.32 Å². The van der Waals surface area contributed by atoms with E-state index in [1.165, 1.54) is 38.8 Å². The smallest absolute Gasteiger partial charge is 0.251 e. The predicted octanol–water partition coefficient (Wildman–Crippen LogP) is 4.39. The van der Waals surface area contributed by atoms with Crippen molar-refractivity contribution in [3.63, 3.8) is 0 Å². The van der Waals surface area contributed by atoms with Gasteiger partial charge in [0, 0.05) is 25.3 Å². The summed E-state index contributed by atoms with van der Waals surface area (Å²) in [5.74, 6) is 0.314. The highest BCUT2D eigenvalue weighted by atomic mass is 35.5. The van der Waals surface area contributed by atoms with Crippen molar-refractivity contribution in [2.75, 3.05) is 26.7 Å². The Labute approximate surface area is 166 Å². The molecule has 1 heterocycles. The maximum Gasteiger partial charge on any atom is 0.251 e. The van der Waals surface area contributed by atoms with E-state index in [9.17, 15) is 4.79 Å². The molecular weight excluding hydrogens is 371 g/mol. The number of hydrogen-bond donors (Lipinski definition) is 1. The van der Waals surface area contributed by atoms with Gasteiger partial charge in [0.05, 0.1) is 16.1 Å². The van der Waals surface area contributed by atoms with Crippen LogP contribution in [0, 0.1) is 5.92 Å². The van der Waals surface area contributed by atoms with E-state index in [2.05, 4.69) is 10.2 Å². The van der Waals surface area contributed by atoms with E-state index in [1.807, 2.05) is 0 Å². The maximum absolute atomic E-state index is 12.6. The molecule has 144 valence electrons. The van der Waals surface area contributed by atoms with Crippen LogP contribution in [-0.2, 0) is 4.74 Å². The Kier molecular flexibility index (Phi) is 7.21. The number of nitrogens with one attached hydrogen (secondary N) is 1. The summed E-state index contributed by atoms with van der Waals surface area (Å²) in [4.78, 5) is 15.2. The molecule has 1 N–H and O–H groups in total. The Morgan fingerprint density at radius 3 is 2.65 bits per heavy atom. The van der Waals surface area contributed by atoms with Gasteiger partial charge in [-0.3, -0.25) is 4.79 Å². The minimum Gasteiger partial charge on any atom is -0.381 e.